The van der Waals surface area contributed by atoms with Gasteiger partial charge in [-0.1, -0.05) is 0 Å². The van der Waals surface area contributed by atoms with Crippen molar-refractivity contribution < 1.29 is 9.47 Å². The molecule has 26 heavy (non-hydrogen) atoms. The van der Waals surface area contributed by atoms with Crippen LogP contribution in [0.25, 0.3) is 0 Å². The largest absolute Gasteiger partial charge is 0.377 e. The predicted molar refractivity (Wildman–Crippen MR) is 106 cm³/mol. The van der Waals surface area contributed by atoms with Crippen molar-refractivity contribution >= 4 is 17.3 Å². The molecule has 0 bridgehead atoms. The Morgan fingerprint density at radius 1 is 1.38 bits per heavy atom. The van der Waals surface area contributed by atoms with Gasteiger partial charge in [-0.15, -0.1) is 11.3 Å². The van der Waals surface area contributed by atoms with Gasteiger partial charge in [-0.25, -0.2) is 4.98 Å². The van der Waals surface area contributed by atoms with Gasteiger partial charge in [0.2, 0.25) is 0 Å². The van der Waals surface area contributed by atoms with Gasteiger partial charge in [0.1, 0.15) is 5.01 Å². The van der Waals surface area contributed by atoms with Crippen LogP contribution in [0.4, 0.5) is 0 Å². The first kappa shape index (κ1) is 19.6. The van der Waals surface area contributed by atoms with E-state index < -0.39 is 0 Å². The van der Waals surface area contributed by atoms with Crippen LogP contribution in [0.1, 0.15) is 48.2 Å². The van der Waals surface area contributed by atoms with Crippen LogP contribution < -0.4 is 5.32 Å². The smallest absolute Gasteiger partial charge is 0.194 e. The second-order valence-electron chi connectivity index (χ2n) is 6.99. The molecule has 0 amide bonds. The molecule has 1 aromatic heterocycles. The lowest BCUT2D eigenvalue weighted by Gasteiger charge is -2.21. The van der Waals surface area contributed by atoms with E-state index in [-0.39, 0.29) is 6.10 Å². The molecule has 3 rings (SSSR count). The molecule has 1 aliphatic heterocycles. The summed E-state index contributed by atoms with van der Waals surface area (Å²) >= 11 is 1.87. The molecule has 1 atom stereocenters. The van der Waals surface area contributed by atoms with E-state index in [0.29, 0.717) is 19.8 Å². The third kappa shape index (κ3) is 5.66. The summed E-state index contributed by atoms with van der Waals surface area (Å²) in [5, 5.41) is 4.56. The summed E-state index contributed by atoms with van der Waals surface area (Å²) in [5.41, 5.74) is 1.33. The van der Waals surface area contributed by atoms with Crippen molar-refractivity contribution in [2.45, 2.75) is 58.1 Å². The van der Waals surface area contributed by atoms with E-state index in [1.807, 2.05) is 11.3 Å². The van der Waals surface area contributed by atoms with Crippen molar-refractivity contribution in [3.8, 4) is 0 Å². The molecule has 2 heterocycles. The van der Waals surface area contributed by atoms with Gasteiger partial charge in [0, 0.05) is 25.1 Å². The highest BCUT2D eigenvalue weighted by atomic mass is 32.1. The molecule has 0 saturated carbocycles. The Morgan fingerprint density at radius 3 is 3.04 bits per heavy atom. The number of rotatable bonds is 8. The standard InChI is InChI=1S/C19H32N4O2S/c1-3-20-19(21-10-12-24-14-15-7-6-11-25-15)23(2)13-18-22-16-8-4-5-9-17(16)26-18/h15H,3-14H2,1-2H3,(H,20,21). The molecule has 0 aromatic carbocycles. The van der Waals surface area contributed by atoms with Crippen LogP contribution in [0.2, 0.25) is 0 Å². The van der Waals surface area contributed by atoms with Gasteiger partial charge in [-0.2, -0.15) is 0 Å². The lowest BCUT2D eigenvalue weighted by Crippen LogP contribution is -2.38. The van der Waals surface area contributed by atoms with Crippen molar-refractivity contribution in [1.82, 2.24) is 15.2 Å². The molecule has 0 radical (unpaired) electrons. The van der Waals surface area contributed by atoms with Crippen molar-refractivity contribution in [3.63, 3.8) is 0 Å². The second kappa shape index (κ2) is 10.2. The van der Waals surface area contributed by atoms with Gasteiger partial charge < -0.3 is 19.7 Å². The van der Waals surface area contributed by atoms with Gasteiger partial charge in [0.25, 0.3) is 0 Å². The zero-order valence-corrected chi connectivity index (χ0v) is 16.9. The van der Waals surface area contributed by atoms with Crippen molar-refractivity contribution in [2.75, 3.05) is 40.0 Å². The minimum atomic E-state index is 0.283. The maximum Gasteiger partial charge on any atom is 0.194 e. The van der Waals surface area contributed by atoms with Crippen LogP contribution in [-0.4, -0.2) is 61.9 Å². The summed E-state index contributed by atoms with van der Waals surface area (Å²) in [6.07, 6.45) is 7.49. The average molecular weight is 381 g/mol. The van der Waals surface area contributed by atoms with Crippen LogP contribution in [0.5, 0.6) is 0 Å². The molecule has 1 N–H and O–H groups in total. The van der Waals surface area contributed by atoms with Gasteiger partial charge in [0.05, 0.1) is 38.1 Å². The first-order valence-electron chi connectivity index (χ1n) is 9.92. The minimum Gasteiger partial charge on any atom is -0.377 e. The summed E-state index contributed by atoms with van der Waals surface area (Å²) in [6, 6.07) is 0. The minimum absolute atomic E-state index is 0.283. The van der Waals surface area contributed by atoms with E-state index >= 15 is 0 Å². The Bertz CT molecular complexity index is 561. The van der Waals surface area contributed by atoms with Crippen LogP contribution in [-0.2, 0) is 28.9 Å². The SMILES string of the molecule is CCNC(=NCCOCC1CCCO1)N(C)Cc1nc2c(s1)CCCC2. The maximum atomic E-state index is 5.71. The fourth-order valence-corrected chi connectivity index (χ4v) is 4.64. The van der Waals surface area contributed by atoms with Gasteiger partial charge >= 0.3 is 0 Å². The van der Waals surface area contributed by atoms with Crippen molar-refractivity contribution in [2.24, 2.45) is 4.99 Å². The number of fused-ring (bicyclic) bond motifs is 1. The molecule has 0 spiro atoms. The molecule has 6 nitrogen and oxygen atoms in total. The van der Waals surface area contributed by atoms with Crippen molar-refractivity contribution in [1.29, 1.82) is 0 Å². The summed E-state index contributed by atoms with van der Waals surface area (Å²) < 4.78 is 11.3. The Balaban J connectivity index is 1.46. The normalized spacial score (nSPS) is 20.2. The topological polar surface area (TPSA) is 59.0 Å². The van der Waals surface area contributed by atoms with Crippen LogP contribution in [0, 0.1) is 0 Å². The number of hydrogen-bond donors (Lipinski definition) is 1. The van der Waals surface area contributed by atoms with Crippen LogP contribution in [0.3, 0.4) is 0 Å². The second-order valence-corrected chi connectivity index (χ2v) is 8.15. The Kier molecular flexibility index (Phi) is 7.70. The number of aromatic nitrogens is 1. The average Bonchev–Trinajstić information content (AvgIpc) is 3.29. The quantitative estimate of drug-likeness (QED) is 0.427. The third-order valence-corrected chi connectivity index (χ3v) is 5.93. The number of aliphatic imine (C=N–C) groups is 1. The maximum absolute atomic E-state index is 5.71. The highest BCUT2D eigenvalue weighted by Gasteiger charge is 2.17. The number of hydrogen-bond acceptors (Lipinski definition) is 5. The van der Waals surface area contributed by atoms with Crippen LogP contribution >= 0.6 is 11.3 Å². The first-order valence-corrected chi connectivity index (χ1v) is 10.7. The van der Waals surface area contributed by atoms with E-state index in [0.717, 1.165) is 44.9 Å². The van der Waals surface area contributed by atoms with E-state index in [9.17, 15) is 0 Å². The Labute approximate surface area is 161 Å². The molecular weight excluding hydrogens is 348 g/mol. The lowest BCUT2D eigenvalue weighted by atomic mass is 10.0. The first-order chi connectivity index (χ1) is 12.8. The number of nitrogens with one attached hydrogen (secondary N) is 1. The molecule has 1 fully saturated rings. The number of aryl methyl sites for hydroxylation is 2. The molecule has 146 valence electrons. The number of ether oxygens (including phenoxy) is 2. The van der Waals surface area contributed by atoms with Gasteiger partial charge in [0.15, 0.2) is 5.96 Å². The van der Waals surface area contributed by atoms with Crippen LogP contribution in [0.15, 0.2) is 4.99 Å². The van der Waals surface area contributed by atoms with Gasteiger partial charge in [-0.05, 0) is 45.4 Å². The highest BCUT2D eigenvalue weighted by Crippen LogP contribution is 2.27. The fourth-order valence-electron chi connectivity index (χ4n) is 3.43. The lowest BCUT2D eigenvalue weighted by molar-refractivity contribution is 0.0199. The zero-order chi connectivity index (χ0) is 18.2. The summed E-state index contributed by atoms with van der Waals surface area (Å²) in [6.45, 7) is 6.62. The predicted octanol–water partition coefficient (Wildman–Crippen LogP) is 2.61. The zero-order valence-electron chi connectivity index (χ0n) is 16.1. The van der Waals surface area contributed by atoms with E-state index in [4.69, 9.17) is 19.5 Å². The Hall–Kier alpha value is -1.18. The summed E-state index contributed by atoms with van der Waals surface area (Å²) in [5.74, 6) is 0.918. The van der Waals surface area contributed by atoms with E-state index in [2.05, 4.69) is 24.2 Å². The summed E-state index contributed by atoms with van der Waals surface area (Å²) in [7, 11) is 2.08. The molecular formula is C19H32N4O2S. The van der Waals surface area contributed by atoms with E-state index in [1.54, 1.807) is 0 Å². The summed E-state index contributed by atoms with van der Waals surface area (Å²) in [4.78, 5) is 13.2. The Morgan fingerprint density at radius 2 is 2.27 bits per heavy atom. The number of guanidine groups is 1. The monoisotopic (exact) mass is 380 g/mol. The molecule has 7 heteroatoms. The molecule has 1 unspecified atom stereocenters. The molecule has 1 aliphatic carbocycles. The number of nitrogens with zero attached hydrogens (tertiary/aromatic N) is 3. The highest BCUT2D eigenvalue weighted by molar-refractivity contribution is 7.11. The van der Waals surface area contributed by atoms with E-state index in [1.165, 1.54) is 34.8 Å². The third-order valence-electron chi connectivity index (χ3n) is 4.78. The number of thiazole rings is 1. The molecule has 1 aromatic rings. The molecule has 1 saturated heterocycles. The molecule has 2 aliphatic rings. The fraction of sp³-hybridized carbons (Fsp3) is 0.789. The van der Waals surface area contributed by atoms with Gasteiger partial charge in [-0.3, -0.25) is 4.99 Å². The van der Waals surface area contributed by atoms with Crippen molar-refractivity contribution in [3.05, 3.63) is 15.6 Å².